The molecular formula is C19H18F3N3O2. The monoisotopic (exact) mass is 377 g/mol. The highest BCUT2D eigenvalue weighted by Gasteiger charge is 2.32. The van der Waals surface area contributed by atoms with E-state index in [1.165, 1.54) is 12.1 Å². The van der Waals surface area contributed by atoms with E-state index in [0.717, 1.165) is 50.0 Å². The second kappa shape index (κ2) is 8.20. The van der Waals surface area contributed by atoms with Crippen molar-refractivity contribution in [3.63, 3.8) is 0 Å². The molecule has 1 aliphatic heterocycles. The lowest BCUT2D eigenvalue weighted by Crippen LogP contribution is -2.28. The van der Waals surface area contributed by atoms with Gasteiger partial charge in [-0.25, -0.2) is 9.97 Å². The van der Waals surface area contributed by atoms with Crippen LogP contribution in [0.15, 0.2) is 48.9 Å². The highest BCUT2D eigenvalue weighted by molar-refractivity contribution is 5.64. The molecule has 3 heterocycles. The maximum atomic E-state index is 12.6. The minimum absolute atomic E-state index is 0.203. The largest absolute Gasteiger partial charge is 0.437 e. The maximum absolute atomic E-state index is 12.6. The molecule has 0 bridgehead atoms. The summed E-state index contributed by atoms with van der Waals surface area (Å²) in [6.07, 6.45) is 3.85. The molecule has 0 aliphatic carbocycles. The van der Waals surface area contributed by atoms with Crippen LogP contribution in [0.1, 0.15) is 30.0 Å². The summed E-state index contributed by atoms with van der Waals surface area (Å²) in [6, 6.07) is 5.85. The fraction of sp³-hybridized carbons (Fsp3) is 0.316. The van der Waals surface area contributed by atoms with Gasteiger partial charge < -0.3 is 9.64 Å². The van der Waals surface area contributed by atoms with E-state index >= 15 is 0 Å². The number of likely N-dealkylation sites (tertiary alicyclic amines) is 1. The molecule has 0 atom stereocenters. The van der Waals surface area contributed by atoms with Crippen molar-refractivity contribution in [1.82, 2.24) is 14.9 Å². The summed E-state index contributed by atoms with van der Waals surface area (Å²) in [5, 5.41) is 0. The zero-order valence-electron chi connectivity index (χ0n) is 14.4. The quantitative estimate of drug-likeness (QED) is 0.578. The lowest BCUT2D eigenvalue weighted by atomic mass is 9.90. The minimum atomic E-state index is -4.49. The van der Waals surface area contributed by atoms with Crippen LogP contribution in [0.5, 0.6) is 11.6 Å². The number of allylic oxidation sites excluding steroid dienone is 1. The molecule has 0 spiro atoms. The molecule has 0 radical (unpaired) electrons. The lowest BCUT2D eigenvalue weighted by Gasteiger charge is -2.31. The van der Waals surface area contributed by atoms with Gasteiger partial charge in [0.1, 0.15) is 17.7 Å². The van der Waals surface area contributed by atoms with Gasteiger partial charge in [0.25, 0.3) is 0 Å². The maximum Gasteiger partial charge on any atom is 0.433 e. The molecule has 8 heteroatoms. The number of aromatic nitrogens is 2. The Bertz CT molecular complexity index is 799. The normalized spacial score (nSPS) is 15.9. The summed E-state index contributed by atoms with van der Waals surface area (Å²) in [5.41, 5.74) is -0.0525. The number of aldehydes is 1. The molecule has 2 aromatic heterocycles. The second-order valence-corrected chi connectivity index (χ2v) is 6.16. The van der Waals surface area contributed by atoms with Gasteiger partial charge in [0.15, 0.2) is 0 Å². The van der Waals surface area contributed by atoms with Gasteiger partial charge in [0.05, 0.1) is 6.20 Å². The Morgan fingerprint density at radius 1 is 1.15 bits per heavy atom. The second-order valence-electron chi connectivity index (χ2n) is 6.16. The number of ether oxygens (including phenoxy) is 1. The SMILES string of the molecule is O=CC=CN1CCC(c2cccnc2Oc2ccc(C(F)(F)F)nc2)CC1. The molecule has 0 amide bonds. The number of hydrogen-bond acceptors (Lipinski definition) is 5. The van der Waals surface area contributed by atoms with Gasteiger partial charge in [-0.2, -0.15) is 13.2 Å². The summed E-state index contributed by atoms with van der Waals surface area (Å²) < 4.78 is 43.6. The number of pyridine rings is 2. The molecular weight excluding hydrogens is 359 g/mol. The van der Waals surface area contributed by atoms with E-state index in [4.69, 9.17) is 4.74 Å². The minimum Gasteiger partial charge on any atom is -0.437 e. The van der Waals surface area contributed by atoms with Crippen LogP contribution >= 0.6 is 0 Å². The van der Waals surface area contributed by atoms with Gasteiger partial charge in [0.2, 0.25) is 5.88 Å². The van der Waals surface area contributed by atoms with Crippen molar-refractivity contribution >= 4 is 6.29 Å². The molecule has 2 aromatic rings. The number of rotatable bonds is 5. The van der Waals surface area contributed by atoms with E-state index < -0.39 is 11.9 Å². The molecule has 0 unspecified atom stereocenters. The topological polar surface area (TPSA) is 55.3 Å². The van der Waals surface area contributed by atoms with E-state index in [9.17, 15) is 18.0 Å². The van der Waals surface area contributed by atoms with Crippen LogP contribution in [-0.4, -0.2) is 34.2 Å². The number of hydrogen-bond donors (Lipinski definition) is 0. The summed E-state index contributed by atoms with van der Waals surface area (Å²) >= 11 is 0. The Morgan fingerprint density at radius 3 is 2.56 bits per heavy atom. The molecule has 1 aliphatic rings. The summed E-state index contributed by atoms with van der Waals surface area (Å²) in [4.78, 5) is 20.1. The Hall–Kier alpha value is -2.90. The first kappa shape index (κ1) is 18.9. The fourth-order valence-corrected chi connectivity index (χ4v) is 3.04. The van der Waals surface area contributed by atoms with Gasteiger partial charge in [-0.05, 0) is 43.0 Å². The zero-order chi connectivity index (χ0) is 19.3. The molecule has 1 fully saturated rings. The van der Waals surface area contributed by atoms with Crippen LogP contribution in [0, 0.1) is 0 Å². The third-order valence-electron chi connectivity index (χ3n) is 4.39. The van der Waals surface area contributed by atoms with Crippen molar-refractivity contribution in [2.24, 2.45) is 0 Å². The lowest BCUT2D eigenvalue weighted by molar-refractivity contribution is -0.141. The van der Waals surface area contributed by atoms with Crippen LogP contribution < -0.4 is 4.74 Å². The van der Waals surface area contributed by atoms with Gasteiger partial charge in [0, 0.05) is 31.0 Å². The highest BCUT2D eigenvalue weighted by atomic mass is 19.4. The number of alkyl halides is 3. The predicted molar refractivity (Wildman–Crippen MR) is 92.3 cm³/mol. The van der Waals surface area contributed by atoms with Crippen LogP contribution in [0.25, 0.3) is 0 Å². The Morgan fingerprint density at radius 2 is 1.93 bits per heavy atom. The van der Waals surface area contributed by atoms with Crippen LogP contribution in [0.2, 0.25) is 0 Å². The van der Waals surface area contributed by atoms with Crippen molar-refractivity contribution in [3.05, 3.63) is 60.2 Å². The average molecular weight is 377 g/mol. The van der Waals surface area contributed by atoms with E-state index in [1.807, 2.05) is 12.1 Å². The van der Waals surface area contributed by atoms with Crippen molar-refractivity contribution in [1.29, 1.82) is 0 Å². The van der Waals surface area contributed by atoms with E-state index in [0.29, 0.717) is 5.88 Å². The molecule has 0 aromatic carbocycles. The van der Waals surface area contributed by atoms with Crippen molar-refractivity contribution in [2.75, 3.05) is 13.1 Å². The van der Waals surface area contributed by atoms with Gasteiger partial charge in [-0.15, -0.1) is 0 Å². The Labute approximate surface area is 154 Å². The van der Waals surface area contributed by atoms with Crippen LogP contribution in [0.4, 0.5) is 13.2 Å². The third kappa shape index (κ3) is 4.84. The fourth-order valence-electron chi connectivity index (χ4n) is 3.04. The summed E-state index contributed by atoms with van der Waals surface area (Å²) in [5.74, 6) is 0.798. The number of carbonyl (C=O) groups is 1. The van der Waals surface area contributed by atoms with Gasteiger partial charge in [-0.3, -0.25) is 4.79 Å². The standard InChI is InChI=1S/C19H18F3N3O2/c20-19(21,22)17-5-4-15(13-24-17)27-18-16(3-1-8-23-18)14-6-10-25(11-7-14)9-2-12-26/h1-5,8-9,12-14H,6-7,10-11H2. The van der Waals surface area contributed by atoms with Gasteiger partial charge in [-0.1, -0.05) is 6.07 Å². The number of carbonyl (C=O) groups excluding carboxylic acids is 1. The Kier molecular flexibility index (Phi) is 5.73. The molecule has 1 saturated heterocycles. The molecule has 27 heavy (non-hydrogen) atoms. The van der Waals surface area contributed by atoms with E-state index in [2.05, 4.69) is 14.9 Å². The zero-order valence-corrected chi connectivity index (χ0v) is 14.4. The third-order valence-corrected chi connectivity index (χ3v) is 4.39. The molecule has 0 N–H and O–H groups in total. The van der Waals surface area contributed by atoms with E-state index in [1.54, 1.807) is 12.4 Å². The average Bonchev–Trinajstić information content (AvgIpc) is 2.67. The first-order chi connectivity index (χ1) is 13.0. The predicted octanol–water partition coefficient (Wildman–Crippen LogP) is 4.18. The van der Waals surface area contributed by atoms with Crippen LogP contribution in [0.3, 0.4) is 0 Å². The number of piperidine rings is 1. The van der Waals surface area contributed by atoms with Crippen molar-refractivity contribution in [3.8, 4) is 11.6 Å². The van der Waals surface area contributed by atoms with Crippen molar-refractivity contribution in [2.45, 2.75) is 24.9 Å². The summed E-state index contributed by atoms with van der Waals surface area (Å²) in [7, 11) is 0. The van der Waals surface area contributed by atoms with Crippen LogP contribution in [-0.2, 0) is 11.0 Å². The number of halogens is 3. The van der Waals surface area contributed by atoms with Crippen molar-refractivity contribution < 1.29 is 22.7 Å². The summed E-state index contributed by atoms with van der Waals surface area (Å²) in [6.45, 7) is 1.59. The molecule has 142 valence electrons. The first-order valence-corrected chi connectivity index (χ1v) is 8.49. The Balaban J connectivity index is 1.71. The molecule has 5 nitrogen and oxygen atoms in total. The first-order valence-electron chi connectivity index (χ1n) is 8.49. The van der Waals surface area contributed by atoms with E-state index in [-0.39, 0.29) is 11.7 Å². The highest BCUT2D eigenvalue weighted by Crippen LogP contribution is 2.35. The number of nitrogens with zero attached hydrogens (tertiary/aromatic N) is 3. The smallest absolute Gasteiger partial charge is 0.433 e. The molecule has 3 rings (SSSR count). The molecule has 0 saturated carbocycles. The van der Waals surface area contributed by atoms with Gasteiger partial charge >= 0.3 is 6.18 Å².